The fraction of sp³-hybridized carbons (Fsp3) is 0.118. The summed E-state index contributed by atoms with van der Waals surface area (Å²) in [6.45, 7) is 2.98. The van der Waals surface area contributed by atoms with Crippen LogP contribution in [0.5, 0.6) is 0 Å². The van der Waals surface area contributed by atoms with Crippen LogP contribution in [-0.4, -0.2) is 0 Å². The number of nitrogens with zero attached hydrogens (tertiary/aromatic N) is 1. The predicted octanol–water partition coefficient (Wildman–Crippen LogP) is 3.60. The molecule has 0 unspecified atom stereocenters. The number of benzene rings is 2. The Morgan fingerprint density at radius 3 is 2.79 bits per heavy atom. The van der Waals surface area contributed by atoms with Gasteiger partial charge in [-0.15, -0.1) is 0 Å². The molecule has 0 spiro atoms. The largest absolute Gasteiger partial charge is 0.213 e. The summed E-state index contributed by atoms with van der Waals surface area (Å²) in [5, 5.41) is 0.952. The van der Waals surface area contributed by atoms with Crippen molar-refractivity contribution in [1.82, 2.24) is 0 Å². The molecule has 1 nitrogen and oxygen atoms in total. The number of halogens is 1. The highest BCUT2D eigenvalue weighted by Gasteiger charge is 2.27. The maximum absolute atomic E-state index is 13.3. The standard InChI is InChI=1S/C17H13FN/c1-11-2-3-13-10-19-16-7-5-14(18)9-12(16)4-6-17(19)15(13)8-11/h2-9H,10H2,1H3/q+1. The van der Waals surface area contributed by atoms with E-state index in [1.165, 1.54) is 28.5 Å². The monoisotopic (exact) mass is 250 g/mol. The highest BCUT2D eigenvalue weighted by Crippen LogP contribution is 2.29. The predicted molar refractivity (Wildman–Crippen MR) is 73.4 cm³/mol. The fourth-order valence-corrected chi connectivity index (χ4v) is 2.94. The first-order valence-electron chi connectivity index (χ1n) is 6.44. The first-order chi connectivity index (χ1) is 9.22. The lowest BCUT2D eigenvalue weighted by Crippen LogP contribution is -2.33. The molecule has 0 fully saturated rings. The summed E-state index contributed by atoms with van der Waals surface area (Å²) in [5.74, 6) is -0.181. The van der Waals surface area contributed by atoms with Crippen molar-refractivity contribution in [2.75, 3.05) is 0 Å². The topological polar surface area (TPSA) is 3.88 Å². The summed E-state index contributed by atoms with van der Waals surface area (Å²) < 4.78 is 15.6. The molecule has 92 valence electrons. The van der Waals surface area contributed by atoms with Crippen LogP contribution >= 0.6 is 0 Å². The van der Waals surface area contributed by atoms with Crippen molar-refractivity contribution in [3.05, 3.63) is 65.5 Å². The van der Waals surface area contributed by atoms with Gasteiger partial charge >= 0.3 is 0 Å². The van der Waals surface area contributed by atoms with Gasteiger partial charge in [-0.3, -0.25) is 0 Å². The number of hydrogen-bond acceptors (Lipinski definition) is 0. The van der Waals surface area contributed by atoms with Crippen molar-refractivity contribution in [2.24, 2.45) is 0 Å². The van der Waals surface area contributed by atoms with Crippen LogP contribution in [-0.2, 0) is 6.54 Å². The minimum absolute atomic E-state index is 0.181. The van der Waals surface area contributed by atoms with Crippen molar-refractivity contribution in [3.63, 3.8) is 0 Å². The number of hydrogen-bond donors (Lipinski definition) is 0. The van der Waals surface area contributed by atoms with Gasteiger partial charge < -0.3 is 0 Å². The Bertz CT molecular complexity index is 821. The second kappa shape index (κ2) is 3.64. The second-order valence-electron chi connectivity index (χ2n) is 5.17. The molecule has 1 aliphatic heterocycles. The second-order valence-corrected chi connectivity index (χ2v) is 5.17. The van der Waals surface area contributed by atoms with Gasteiger partial charge in [0.15, 0.2) is 6.54 Å². The molecule has 4 rings (SSSR count). The minimum Gasteiger partial charge on any atom is -0.207 e. The van der Waals surface area contributed by atoms with E-state index in [-0.39, 0.29) is 5.82 Å². The van der Waals surface area contributed by atoms with E-state index in [2.05, 4.69) is 35.8 Å². The van der Waals surface area contributed by atoms with Crippen LogP contribution < -0.4 is 4.57 Å². The third-order valence-electron chi connectivity index (χ3n) is 3.86. The van der Waals surface area contributed by atoms with E-state index < -0.39 is 0 Å². The zero-order chi connectivity index (χ0) is 13.0. The summed E-state index contributed by atoms with van der Waals surface area (Å²) in [7, 11) is 0. The minimum atomic E-state index is -0.181. The Balaban J connectivity index is 2.05. The zero-order valence-electron chi connectivity index (χ0n) is 10.7. The summed E-state index contributed by atoms with van der Waals surface area (Å²) >= 11 is 0. The summed E-state index contributed by atoms with van der Waals surface area (Å²) in [5.41, 5.74) is 6.21. The van der Waals surface area contributed by atoms with E-state index in [0.29, 0.717) is 0 Å². The van der Waals surface area contributed by atoms with E-state index >= 15 is 0 Å². The van der Waals surface area contributed by atoms with Crippen molar-refractivity contribution >= 4 is 10.9 Å². The van der Waals surface area contributed by atoms with Crippen LogP contribution in [0.2, 0.25) is 0 Å². The zero-order valence-corrected chi connectivity index (χ0v) is 10.7. The van der Waals surface area contributed by atoms with Gasteiger partial charge in [0, 0.05) is 23.1 Å². The third-order valence-corrected chi connectivity index (χ3v) is 3.86. The molecule has 0 bridgehead atoms. The molecule has 1 aromatic heterocycles. The molecule has 19 heavy (non-hydrogen) atoms. The molecule has 2 heterocycles. The molecular weight excluding hydrogens is 237 g/mol. The van der Waals surface area contributed by atoms with Crippen LogP contribution in [0.1, 0.15) is 11.1 Å². The molecule has 1 aliphatic rings. The molecule has 0 N–H and O–H groups in total. The van der Waals surface area contributed by atoms with Gasteiger partial charge in [-0.25, -0.2) is 4.39 Å². The lowest BCUT2D eigenvalue weighted by Gasteiger charge is -1.99. The number of pyridine rings is 1. The maximum atomic E-state index is 13.3. The van der Waals surface area contributed by atoms with E-state index in [4.69, 9.17) is 0 Å². The first-order valence-corrected chi connectivity index (χ1v) is 6.44. The Morgan fingerprint density at radius 2 is 1.89 bits per heavy atom. The summed E-state index contributed by atoms with van der Waals surface area (Å²) in [4.78, 5) is 0. The maximum Gasteiger partial charge on any atom is 0.213 e. The number of fused-ring (bicyclic) bond motifs is 5. The highest BCUT2D eigenvalue weighted by atomic mass is 19.1. The Morgan fingerprint density at radius 1 is 1.00 bits per heavy atom. The van der Waals surface area contributed by atoms with E-state index in [0.717, 1.165) is 17.4 Å². The van der Waals surface area contributed by atoms with Gasteiger partial charge in [-0.2, -0.15) is 4.57 Å². The summed E-state index contributed by atoms with van der Waals surface area (Å²) in [6, 6.07) is 15.6. The molecule has 0 saturated carbocycles. The van der Waals surface area contributed by atoms with Crippen LogP contribution in [0.3, 0.4) is 0 Å². The van der Waals surface area contributed by atoms with Gasteiger partial charge in [0.05, 0.1) is 5.56 Å². The van der Waals surface area contributed by atoms with Gasteiger partial charge in [0.25, 0.3) is 0 Å². The van der Waals surface area contributed by atoms with Gasteiger partial charge in [0.2, 0.25) is 11.2 Å². The van der Waals surface area contributed by atoms with E-state index in [9.17, 15) is 4.39 Å². The highest BCUT2D eigenvalue weighted by molar-refractivity contribution is 5.79. The Kier molecular flexibility index (Phi) is 2.05. The molecule has 0 atom stereocenters. The number of rotatable bonds is 0. The van der Waals surface area contributed by atoms with Crippen molar-refractivity contribution in [3.8, 4) is 11.3 Å². The van der Waals surface area contributed by atoms with E-state index in [1.54, 1.807) is 6.07 Å². The van der Waals surface area contributed by atoms with E-state index in [1.807, 2.05) is 12.1 Å². The Hall–Kier alpha value is -2.22. The van der Waals surface area contributed by atoms with Crippen LogP contribution in [0, 0.1) is 12.7 Å². The molecular formula is C17H13FN+. The molecule has 0 amide bonds. The fourth-order valence-electron chi connectivity index (χ4n) is 2.94. The molecule has 0 aliphatic carbocycles. The normalized spacial score (nSPS) is 12.5. The van der Waals surface area contributed by atoms with Gasteiger partial charge in [0.1, 0.15) is 5.82 Å². The lowest BCUT2D eigenvalue weighted by atomic mass is 10.0. The summed E-state index contributed by atoms with van der Waals surface area (Å²) in [6.07, 6.45) is 0. The quantitative estimate of drug-likeness (QED) is 0.420. The smallest absolute Gasteiger partial charge is 0.207 e. The SMILES string of the molecule is Cc1ccc2c(c1)-c1ccc3cc(F)ccc3[n+]1C2. The molecule has 2 aromatic carbocycles. The number of aromatic nitrogens is 1. The third kappa shape index (κ3) is 1.49. The average Bonchev–Trinajstić information content (AvgIpc) is 2.76. The molecule has 0 saturated heterocycles. The van der Waals surface area contributed by atoms with Crippen molar-refractivity contribution < 1.29 is 8.96 Å². The molecule has 0 radical (unpaired) electrons. The Labute approximate surface area is 110 Å². The molecule has 3 aromatic rings. The lowest BCUT2D eigenvalue weighted by molar-refractivity contribution is -0.645. The van der Waals surface area contributed by atoms with Crippen LogP contribution in [0.15, 0.2) is 48.5 Å². The van der Waals surface area contributed by atoms with Crippen molar-refractivity contribution in [2.45, 2.75) is 13.5 Å². The van der Waals surface area contributed by atoms with Crippen molar-refractivity contribution in [1.29, 1.82) is 0 Å². The van der Waals surface area contributed by atoms with Crippen LogP contribution in [0.4, 0.5) is 4.39 Å². The van der Waals surface area contributed by atoms with Crippen LogP contribution in [0.25, 0.3) is 22.2 Å². The first kappa shape index (κ1) is 10.7. The molecule has 2 heteroatoms. The average molecular weight is 250 g/mol. The van der Waals surface area contributed by atoms with Gasteiger partial charge in [-0.1, -0.05) is 17.7 Å². The van der Waals surface area contributed by atoms with Gasteiger partial charge in [-0.05, 0) is 31.2 Å². The number of aryl methyl sites for hydroxylation is 1.